The quantitative estimate of drug-likeness (QED) is 0.752. The van der Waals surface area contributed by atoms with Gasteiger partial charge in [0.05, 0.1) is 11.4 Å². The van der Waals surface area contributed by atoms with E-state index in [0.29, 0.717) is 11.3 Å². The Morgan fingerprint density at radius 1 is 1.35 bits per heavy atom. The van der Waals surface area contributed by atoms with Crippen molar-refractivity contribution < 1.29 is 8.78 Å². The van der Waals surface area contributed by atoms with Gasteiger partial charge in [0.15, 0.2) is 5.82 Å². The van der Waals surface area contributed by atoms with E-state index in [-0.39, 0.29) is 16.8 Å². The standard InChI is InChI=1S/C15H17ClF2N2/c1-2-15(4-3-5-15)9-20-12-7-10(17)6-11(18)14(12)19-13(20)8-16/h6-7H,2-5,8-9H2,1H3. The van der Waals surface area contributed by atoms with Crippen molar-refractivity contribution in [2.75, 3.05) is 0 Å². The molecule has 1 aliphatic rings. The summed E-state index contributed by atoms with van der Waals surface area (Å²) in [4.78, 5) is 4.24. The molecule has 1 aromatic heterocycles. The van der Waals surface area contributed by atoms with Crippen LogP contribution in [-0.4, -0.2) is 9.55 Å². The van der Waals surface area contributed by atoms with Gasteiger partial charge in [-0.2, -0.15) is 0 Å². The second-order valence-corrected chi connectivity index (χ2v) is 5.98. The Labute approximate surface area is 121 Å². The van der Waals surface area contributed by atoms with Crippen LogP contribution in [-0.2, 0) is 12.4 Å². The Kier molecular flexibility index (Phi) is 3.44. The van der Waals surface area contributed by atoms with Gasteiger partial charge < -0.3 is 4.57 Å². The summed E-state index contributed by atoms with van der Waals surface area (Å²) in [6.45, 7) is 2.91. The van der Waals surface area contributed by atoms with Crippen LogP contribution in [0.5, 0.6) is 0 Å². The largest absolute Gasteiger partial charge is 0.326 e. The van der Waals surface area contributed by atoms with Gasteiger partial charge in [-0.15, -0.1) is 11.6 Å². The molecule has 1 saturated carbocycles. The predicted molar refractivity (Wildman–Crippen MR) is 75.8 cm³/mol. The fourth-order valence-electron chi connectivity index (χ4n) is 3.11. The van der Waals surface area contributed by atoms with Gasteiger partial charge in [0.25, 0.3) is 0 Å². The molecule has 0 amide bonds. The topological polar surface area (TPSA) is 17.8 Å². The molecule has 0 N–H and O–H groups in total. The number of alkyl halides is 1. The van der Waals surface area contributed by atoms with Gasteiger partial charge in [-0.25, -0.2) is 13.8 Å². The summed E-state index contributed by atoms with van der Waals surface area (Å²) in [5.41, 5.74) is 0.961. The highest BCUT2D eigenvalue weighted by Crippen LogP contribution is 2.46. The van der Waals surface area contributed by atoms with Gasteiger partial charge in [-0.05, 0) is 30.7 Å². The van der Waals surface area contributed by atoms with Crippen LogP contribution in [0.2, 0.25) is 0 Å². The maximum atomic E-state index is 13.8. The van der Waals surface area contributed by atoms with E-state index in [9.17, 15) is 8.78 Å². The van der Waals surface area contributed by atoms with Crippen LogP contribution in [0.4, 0.5) is 8.78 Å². The second-order valence-electron chi connectivity index (χ2n) is 5.71. The second kappa shape index (κ2) is 4.99. The molecule has 108 valence electrons. The SMILES string of the molecule is CCC1(Cn2c(CCl)nc3c(F)cc(F)cc32)CCC1. The van der Waals surface area contributed by atoms with Gasteiger partial charge >= 0.3 is 0 Å². The fourth-order valence-corrected chi connectivity index (χ4v) is 3.32. The summed E-state index contributed by atoms with van der Waals surface area (Å²) < 4.78 is 29.2. The van der Waals surface area contributed by atoms with Gasteiger partial charge in [-0.1, -0.05) is 13.3 Å². The van der Waals surface area contributed by atoms with Crippen LogP contribution in [0.3, 0.4) is 0 Å². The third-order valence-electron chi connectivity index (χ3n) is 4.63. The van der Waals surface area contributed by atoms with Crippen LogP contribution in [0.15, 0.2) is 12.1 Å². The lowest BCUT2D eigenvalue weighted by Gasteiger charge is -2.42. The Hall–Kier alpha value is -1.16. The van der Waals surface area contributed by atoms with E-state index in [1.807, 2.05) is 4.57 Å². The minimum absolute atomic E-state index is 0.204. The molecule has 0 aliphatic heterocycles. The molecule has 1 fully saturated rings. The number of aromatic nitrogens is 2. The molecule has 1 heterocycles. The Morgan fingerprint density at radius 3 is 2.65 bits per heavy atom. The number of imidazole rings is 1. The number of fused-ring (bicyclic) bond motifs is 1. The van der Waals surface area contributed by atoms with Crippen LogP contribution in [0.1, 0.15) is 38.4 Å². The number of hydrogen-bond donors (Lipinski definition) is 0. The van der Waals surface area contributed by atoms with Crippen molar-refractivity contribution in [2.24, 2.45) is 5.41 Å². The molecule has 3 rings (SSSR count). The molecule has 0 saturated heterocycles. The van der Waals surface area contributed by atoms with E-state index < -0.39 is 11.6 Å². The molecule has 0 unspecified atom stereocenters. The van der Waals surface area contributed by atoms with Gasteiger partial charge in [0.2, 0.25) is 0 Å². The average molecular weight is 299 g/mol. The minimum atomic E-state index is -0.621. The maximum absolute atomic E-state index is 13.8. The zero-order valence-electron chi connectivity index (χ0n) is 11.4. The smallest absolute Gasteiger partial charge is 0.153 e. The molecule has 2 aromatic rings. The molecule has 0 spiro atoms. The van der Waals surface area contributed by atoms with Crippen molar-refractivity contribution in [1.29, 1.82) is 0 Å². The Balaban J connectivity index is 2.12. The molecule has 5 heteroatoms. The molecule has 0 atom stereocenters. The van der Waals surface area contributed by atoms with Crippen molar-refractivity contribution in [3.05, 3.63) is 29.6 Å². The summed E-state index contributed by atoms with van der Waals surface area (Å²) in [5, 5.41) is 0. The van der Waals surface area contributed by atoms with Crippen molar-refractivity contribution >= 4 is 22.6 Å². The summed E-state index contributed by atoms with van der Waals surface area (Å²) in [6.07, 6.45) is 4.59. The van der Waals surface area contributed by atoms with Gasteiger partial charge in [0, 0.05) is 12.6 Å². The normalized spacial score (nSPS) is 17.4. The number of rotatable bonds is 4. The lowest BCUT2D eigenvalue weighted by atomic mass is 9.67. The average Bonchev–Trinajstić information content (AvgIpc) is 2.72. The first-order valence-electron chi connectivity index (χ1n) is 6.99. The molecule has 0 bridgehead atoms. The minimum Gasteiger partial charge on any atom is -0.326 e. The molecular formula is C15H17ClF2N2. The molecule has 1 aromatic carbocycles. The zero-order valence-corrected chi connectivity index (χ0v) is 12.2. The van der Waals surface area contributed by atoms with Gasteiger partial charge in [0.1, 0.15) is 17.2 Å². The third kappa shape index (κ3) is 2.10. The third-order valence-corrected chi connectivity index (χ3v) is 4.87. The van der Waals surface area contributed by atoms with Crippen molar-refractivity contribution in [3.63, 3.8) is 0 Å². The van der Waals surface area contributed by atoms with Crippen molar-refractivity contribution in [1.82, 2.24) is 9.55 Å². The molecule has 2 nitrogen and oxygen atoms in total. The predicted octanol–water partition coefficient (Wildman–Crippen LogP) is 4.63. The van der Waals surface area contributed by atoms with E-state index in [0.717, 1.165) is 31.9 Å². The first kappa shape index (κ1) is 13.8. The molecule has 1 aliphatic carbocycles. The number of benzene rings is 1. The Morgan fingerprint density at radius 2 is 2.10 bits per heavy atom. The molecular weight excluding hydrogens is 282 g/mol. The monoisotopic (exact) mass is 298 g/mol. The lowest BCUT2D eigenvalue weighted by molar-refractivity contribution is 0.101. The van der Waals surface area contributed by atoms with E-state index in [1.54, 1.807) is 0 Å². The number of nitrogens with zero attached hydrogens (tertiary/aromatic N) is 2. The number of hydrogen-bond acceptors (Lipinski definition) is 1. The summed E-state index contributed by atoms with van der Waals surface area (Å²) in [6, 6.07) is 2.22. The molecule has 20 heavy (non-hydrogen) atoms. The highest BCUT2D eigenvalue weighted by Gasteiger charge is 2.36. The lowest BCUT2D eigenvalue weighted by Crippen LogP contribution is -2.33. The highest BCUT2D eigenvalue weighted by atomic mass is 35.5. The van der Waals surface area contributed by atoms with Crippen molar-refractivity contribution in [2.45, 2.75) is 45.0 Å². The van der Waals surface area contributed by atoms with Crippen LogP contribution in [0, 0.1) is 17.0 Å². The van der Waals surface area contributed by atoms with Crippen LogP contribution in [0.25, 0.3) is 11.0 Å². The van der Waals surface area contributed by atoms with E-state index in [4.69, 9.17) is 11.6 Å². The first-order chi connectivity index (χ1) is 9.58. The van der Waals surface area contributed by atoms with E-state index in [2.05, 4.69) is 11.9 Å². The Bertz CT molecular complexity index is 641. The van der Waals surface area contributed by atoms with Crippen LogP contribution >= 0.6 is 11.6 Å². The number of halogens is 3. The summed E-state index contributed by atoms with van der Waals surface area (Å²) >= 11 is 5.93. The van der Waals surface area contributed by atoms with E-state index in [1.165, 1.54) is 12.5 Å². The summed E-state index contributed by atoms with van der Waals surface area (Å²) in [5.74, 6) is -0.373. The van der Waals surface area contributed by atoms with Crippen LogP contribution < -0.4 is 0 Å². The molecule has 0 radical (unpaired) electrons. The van der Waals surface area contributed by atoms with Crippen molar-refractivity contribution in [3.8, 4) is 0 Å². The zero-order chi connectivity index (χ0) is 14.3. The highest BCUT2D eigenvalue weighted by molar-refractivity contribution is 6.16. The maximum Gasteiger partial charge on any atom is 0.153 e. The first-order valence-corrected chi connectivity index (χ1v) is 7.52. The summed E-state index contributed by atoms with van der Waals surface area (Å²) in [7, 11) is 0. The van der Waals surface area contributed by atoms with Gasteiger partial charge in [-0.3, -0.25) is 0 Å². The fraction of sp³-hybridized carbons (Fsp3) is 0.533. The van der Waals surface area contributed by atoms with E-state index >= 15 is 0 Å².